The molecule has 154 valence electrons. The van der Waals surface area contributed by atoms with Gasteiger partial charge in [-0.05, 0) is 47.8 Å². The first-order chi connectivity index (χ1) is 13.2. The van der Waals surface area contributed by atoms with E-state index in [1.165, 1.54) is 25.5 Å². The van der Waals surface area contributed by atoms with Gasteiger partial charge < -0.3 is 14.2 Å². The molecule has 0 atom stereocenters. The SMILES string of the molecule is CCO/C=C(\C(=O)c1ccc(S(C)(=O)=O)c(OCCOC)c1Br)C(=O)C1CC1. The molecule has 28 heavy (non-hydrogen) atoms. The summed E-state index contributed by atoms with van der Waals surface area (Å²) in [6.07, 6.45) is 3.73. The van der Waals surface area contributed by atoms with Gasteiger partial charge >= 0.3 is 0 Å². The number of methoxy groups -OCH3 is 1. The number of allylic oxidation sites excluding steroid dienone is 1. The number of halogens is 1. The summed E-state index contributed by atoms with van der Waals surface area (Å²) in [6, 6.07) is 2.67. The van der Waals surface area contributed by atoms with E-state index in [2.05, 4.69) is 15.9 Å². The van der Waals surface area contributed by atoms with Crippen LogP contribution in [-0.4, -0.2) is 53.2 Å². The molecule has 0 aliphatic heterocycles. The standard InChI is InChI=1S/C19H23BrO7S/c1-4-26-11-14(17(21)12-5-6-12)18(22)13-7-8-15(28(3,23)24)19(16(13)20)27-10-9-25-2/h7-8,11-12H,4-6,9-10H2,1-3H3/b14-11-. The molecule has 0 saturated heterocycles. The molecule has 7 nitrogen and oxygen atoms in total. The summed E-state index contributed by atoms with van der Waals surface area (Å²) < 4.78 is 40.1. The average Bonchev–Trinajstić information content (AvgIpc) is 3.47. The first-order valence-electron chi connectivity index (χ1n) is 8.77. The highest BCUT2D eigenvalue weighted by atomic mass is 79.9. The molecule has 0 aromatic heterocycles. The van der Waals surface area contributed by atoms with Crippen LogP contribution in [0.15, 0.2) is 33.3 Å². The van der Waals surface area contributed by atoms with Crippen molar-refractivity contribution in [2.45, 2.75) is 24.7 Å². The van der Waals surface area contributed by atoms with Gasteiger partial charge in [-0.25, -0.2) is 8.42 Å². The van der Waals surface area contributed by atoms with E-state index in [9.17, 15) is 18.0 Å². The molecular formula is C19H23BrO7S. The summed E-state index contributed by atoms with van der Waals surface area (Å²) >= 11 is 3.29. The van der Waals surface area contributed by atoms with E-state index in [1.54, 1.807) is 6.92 Å². The molecule has 1 aromatic rings. The third-order valence-corrected chi connectivity index (χ3v) is 5.97. The maximum Gasteiger partial charge on any atom is 0.201 e. The van der Waals surface area contributed by atoms with Crippen molar-refractivity contribution in [3.63, 3.8) is 0 Å². The van der Waals surface area contributed by atoms with Crippen molar-refractivity contribution in [2.24, 2.45) is 5.92 Å². The van der Waals surface area contributed by atoms with Crippen molar-refractivity contribution < 1.29 is 32.2 Å². The average molecular weight is 475 g/mol. The minimum absolute atomic E-state index is 0.0139. The lowest BCUT2D eigenvalue weighted by Crippen LogP contribution is -2.17. The van der Waals surface area contributed by atoms with Crippen LogP contribution in [-0.2, 0) is 24.1 Å². The summed E-state index contributed by atoms with van der Waals surface area (Å²) in [6.45, 7) is 2.40. The first kappa shape index (κ1) is 22.6. The Kier molecular flexibility index (Phi) is 7.79. The van der Waals surface area contributed by atoms with Crippen LogP contribution in [0, 0.1) is 5.92 Å². The number of hydrogen-bond acceptors (Lipinski definition) is 7. The van der Waals surface area contributed by atoms with Gasteiger partial charge in [0.25, 0.3) is 0 Å². The molecule has 0 bridgehead atoms. The Balaban J connectivity index is 2.49. The fourth-order valence-electron chi connectivity index (χ4n) is 2.47. The molecular weight excluding hydrogens is 452 g/mol. The number of Topliss-reactive ketones (excluding diaryl/α,β-unsaturated/α-hetero) is 2. The molecule has 1 aliphatic carbocycles. The van der Waals surface area contributed by atoms with Crippen molar-refractivity contribution in [2.75, 3.05) is 33.2 Å². The molecule has 0 radical (unpaired) electrons. The second-order valence-electron chi connectivity index (χ2n) is 6.32. The summed E-state index contributed by atoms with van der Waals surface area (Å²) in [4.78, 5) is 25.5. The molecule has 0 N–H and O–H groups in total. The Morgan fingerprint density at radius 1 is 1.25 bits per heavy atom. The highest BCUT2D eigenvalue weighted by Crippen LogP contribution is 2.38. The third kappa shape index (κ3) is 5.42. The number of ether oxygens (including phenoxy) is 3. The number of ketones is 2. The molecule has 9 heteroatoms. The fourth-order valence-corrected chi connectivity index (χ4v) is 4.05. The first-order valence-corrected chi connectivity index (χ1v) is 11.5. The normalized spacial score (nSPS) is 14.6. The lowest BCUT2D eigenvalue weighted by Gasteiger charge is -2.15. The van der Waals surface area contributed by atoms with Gasteiger partial charge in [0, 0.05) is 24.8 Å². The molecule has 1 fully saturated rings. The van der Waals surface area contributed by atoms with Gasteiger partial charge in [-0.1, -0.05) is 0 Å². The minimum atomic E-state index is -3.60. The zero-order valence-electron chi connectivity index (χ0n) is 16.0. The van der Waals surface area contributed by atoms with Gasteiger partial charge in [-0.3, -0.25) is 9.59 Å². The molecule has 2 rings (SSSR count). The van der Waals surface area contributed by atoms with Crippen molar-refractivity contribution in [3.8, 4) is 5.75 Å². The minimum Gasteiger partial charge on any atom is -0.501 e. The summed E-state index contributed by atoms with van der Waals surface area (Å²) in [7, 11) is -2.11. The molecule has 1 aromatic carbocycles. The van der Waals surface area contributed by atoms with Crippen molar-refractivity contribution in [1.29, 1.82) is 0 Å². The van der Waals surface area contributed by atoms with E-state index >= 15 is 0 Å². The van der Waals surface area contributed by atoms with Crippen LogP contribution in [0.3, 0.4) is 0 Å². The monoisotopic (exact) mass is 474 g/mol. The topological polar surface area (TPSA) is 96.0 Å². The van der Waals surface area contributed by atoms with Gasteiger partial charge in [-0.15, -0.1) is 0 Å². The number of hydrogen-bond donors (Lipinski definition) is 0. The van der Waals surface area contributed by atoms with Crippen LogP contribution in [0.1, 0.15) is 30.1 Å². The van der Waals surface area contributed by atoms with Gasteiger partial charge in [0.1, 0.15) is 17.1 Å². The van der Waals surface area contributed by atoms with E-state index in [0.29, 0.717) is 6.61 Å². The van der Waals surface area contributed by atoms with Crippen LogP contribution < -0.4 is 4.74 Å². The smallest absolute Gasteiger partial charge is 0.201 e. The molecule has 0 unspecified atom stereocenters. The Hall–Kier alpha value is -1.71. The van der Waals surface area contributed by atoms with E-state index < -0.39 is 15.6 Å². The molecule has 1 aliphatic rings. The Labute approximate surface area is 173 Å². The van der Waals surface area contributed by atoms with Crippen LogP contribution in [0.2, 0.25) is 0 Å². The van der Waals surface area contributed by atoms with Gasteiger partial charge in [0.2, 0.25) is 5.78 Å². The predicted molar refractivity (Wildman–Crippen MR) is 106 cm³/mol. The van der Waals surface area contributed by atoms with Gasteiger partial charge in [0.15, 0.2) is 21.4 Å². The van der Waals surface area contributed by atoms with Gasteiger partial charge in [-0.2, -0.15) is 0 Å². The Bertz CT molecular complexity index is 886. The maximum absolute atomic E-state index is 13.1. The highest BCUT2D eigenvalue weighted by Gasteiger charge is 2.36. The molecule has 0 amide bonds. The maximum atomic E-state index is 13.1. The lowest BCUT2D eigenvalue weighted by atomic mass is 9.98. The van der Waals surface area contributed by atoms with Crippen LogP contribution in [0.4, 0.5) is 0 Å². The number of benzene rings is 1. The van der Waals surface area contributed by atoms with Crippen molar-refractivity contribution in [1.82, 2.24) is 0 Å². The van der Waals surface area contributed by atoms with Crippen molar-refractivity contribution >= 4 is 37.3 Å². The van der Waals surface area contributed by atoms with E-state index in [4.69, 9.17) is 14.2 Å². The number of rotatable bonds is 11. The van der Waals surface area contributed by atoms with E-state index in [-0.39, 0.29) is 51.2 Å². The number of carbonyl (C=O) groups excluding carboxylic acids is 2. The van der Waals surface area contributed by atoms with Crippen LogP contribution >= 0.6 is 15.9 Å². The van der Waals surface area contributed by atoms with Crippen LogP contribution in [0.5, 0.6) is 5.75 Å². The van der Waals surface area contributed by atoms with Crippen LogP contribution in [0.25, 0.3) is 0 Å². The molecule has 0 spiro atoms. The predicted octanol–water partition coefficient (Wildman–Crippen LogP) is 2.96. The quantitative estimate of drug-likeness (QED) is 0.121. The lowest BCUT2D eigenvalue weighted by molar-refractivity contribution is -0.116. The molecule has 0 heterocycles. The number of carbonyl (C=O) groups is 2. The molecule has 1 saturated carbocycles. The van der Waals surface area contributed by atoms with Crippen molar-refractivity contribution in [3.05, 3.63) is 34.0 Å². The largest absolute Gasteiger partial charge is 0.501 e. The summed E-state index contributed by atoms with van der Waals surface area (Å²) in [5, 5.41) is 0. The zero-order valence-corrected chi connectivity index (χ0v) is 18.4. The second-order valence-corrected chi connectivity index (χ2v) is 9.10. The Morgan fingerprint density at radius 2 is 1.93 bits per heavy atom. The summed E-state index contributed by atoms with van der Waals surface area (Å²) in [5.41, 5.74) is 0.0692. The van der Waals surface area contributed by atoms with E-state index in [1.807, 2.05) is 0 Å². The van der Waals surface area contributed by atoms with Gasteiger partial charge in [0.05, 0.1) is 23.9 Å². The zero-order chi connectivity index (χ0) is 20.9. The fraction of sp³-hybridized carbons (Fsp3) is 0.474. The van der Waals surface area contributed by atoms with E-state index in [0.717, 1.165) is 19.1 Å². The highest BCUT2D eigenvalue weighted by molar-refractivity contribution is 9.10. The Morgan fingerprint density at radius 3 is 2.46 bits per heavy atom. The number of sulfone groups is 1. The second kappa shape index (κ2) is 9.67. The third-order valence-electron chi connectivity index (χ3n) is 4.07. The summed E-state index contributed by atoms with van der Waals surface area (Å²) in [5.74, 6) is -0.963.